The normalized spacial score (nSPS) is 22.7. The molecule has 0 amide bonds. The molecular formula is C53H48N2. The zero-order valence-corrected chi connectivity index (χ0v) is 32.4. The number of hydrogen-bond donors (Lipinski definition) is 0. The Morgan fingerprint density at radius 1 is 0.618 bits per heavy atom. The van der Waals surface area contributed by atoms with Crippen molar-refractivity contribution in [2.75, 3.05) is 9.80 Å². The second-order valence-electron chi connectivity index (χ2n) is 17.3. The first-order chi connectivity index (χ1) is 26.8. The van der Waals surface area contributed by atoms with E-state index in [1.54, 1.807) is 0 Å². The Morgan fingerprint density at radius 2 is 1.25 bits per heavy atom. The lowest BCUT2D eigenvalue weighted by Gasteiger charge is -2.40. The van der Waals surface area contributed by atoms with Gasteiger partial charge in [0.25, 0.3) is 0 Å². The minimum absolute atomic E-state index is 0.0233. The predicted molar refractivity (Wildman–Crippen MR) is 235 cm³/mol. The van der Waals surface area contributed by atoms with Crippen LogP contribution in [0.3, 0.4) is 0 Å². The van der Waals surface area contributed by atoms with Crippen LogP contribution in [-0.2, 0) is 18.3 Å². The van der Waals surface area contributed by atoms with Gasteiger partial charge in [0, 0.05) is 46.1 Å². The topological polar surface area (TPSA) is 6.48 Å². The summed E-state index contributed by atoms with van der Waals surface area (Å²) in [6.07, 6.45) is 16.8. The molecule has 11 rings (SSSR count). The molecule has 0 spiro atoms. The molecule has 0 saturated heterocycles. The Morgan fingerprint density at radius 3 is 2.02 bits per heavy atom. The standard InChI is InChI=1S/C53H48N2/c1-33-13-17-37-9-5-7-11-48(37)54(33)41-25-29-44-43-26-16-35(31-46(43)53(3,4)47(44)32-41)15-19-36-20-21-39-23-28-45-50(30-24-40-22-27-42(36)51(39)52(40)45)55-34(2)14-18-38-10-6-8-12-49(38)55/h5-12,15-16,19-34,44,47H,13-14,17-18H2,1-4H3/b19-15+. The number of allylic oxidation sites excluding steroid dienone is 3. The van der Waals surface area contributed by atoms with Crippen molar-refractivity contribution in [3.63, 3.8) is 0 Å². The number of aryl methyl sites for hydroxylation is 2. The Hall–Kier alpha value is -5.60. The largest absolute Gasteiger partial charge is 0.339 e. The van der Waals surface area contributed by atoms with Crippen molar-refractivity contribution in [1.29, 1.82) is 0 Å². The Balaban J connectivity index is 0.948. The van der Waals surface area contributed by atoms with Crippen LogP contribution in [0.5, 0.6) is 0 Å². The molecule has 4 aliphatic rings. The molecule has 2 nitrogen and oxygen atoms in total. The highest BCUT2D eigenvalue weighted by Crippen LogP contribution is 2.54. The smallest absolute Gasteiger partial charge is 0.0493 e. The molecule has 0 fully saturated rings. The first-order valence-electron chi connectivity index (χ1n) is 20.5. The van der Waals surface area contributed by atoms with Gasteiger partial charge < -0.3 is 9.80 Å². The van der Waals surface area contributed by atoms with Crippen molar-refractivity contribution in [3.8, 4) is 0 Å². The van der Waals surface area contributed by atoms with Gasteiger partial charge in [-0.15, -0.1) is 0 Å². The van der Waals surface area contributed by atoms with Crippen molar-refractivity contribution >= 4 is 61.5 Å². The highest BCUT2D eigenvalue weighted by Gasteiger charge is 2.46. The monoisotopic (exact) mass is 712 g/mol. The van der Waals surface area contributed by atoms with E-state index in [1.165, 1.54) is 94.9 Å². The van der Waals surface area contributed by atoms with Crippen LogP contribution in [0.4, 0.5) is 17.1 Å². The number of para-hydroxylation sites is 2. The number of nitrogens with zero attached hydrogens (tertiary/aromatic N) is 2. The number of hydrogen-bond acceptors (Lipinski definition) is 2. The number of benzene rings is 7. The van der Waals surface area contributed by atoms with Gasteiger partial charge in [0.15, 0.2) is 0 Å². The van der Waals surface area contributed by atoms with E-state index in [2.05, 4.69) is 183 Å². The van der Waals surface area contributed by atoms with E-state index in [0.717, 1.165) is 19.3 Å². The van der Waals surface area contributed by atoms with E-state index in [-0.39, 0.29) is 5.41 Å². The first kappa shape index (κ1) is 32.8. The lowest BCUT2D eigenvalue weighted by Crippen LogP contribution is -2.38. The SMILES string of the molecule is CC1CCc2ccccc2N1C1=CC2C(C=C1)c1ccc(/C=C/c3ccc4ccc5c(N6c7ccccc7CCC6C)ccc6ccc3c4c65)cc1C2(C)C. The average molecular weight is 713 g/mol. The van der Waals surface area contributed by atoms with Crippen LogP contribution in [-0.4, -0.2) is 12.1 Å². The molecule has 2 aliphatic carbocycles. The van der Waals surface area contributed by atoms with Crippen LogP contribution in [0.1, 0.15) is 79.8 Å². The summed E-state index contributed by atoms with van der Waals surface area (Å²) in [5, 5.41) is 8.02. The molecule has 2 aliphatic heterocycles. The highest BCUT2D eigenvalue weighted by atomic mass is 15.2. The maximum atomic E-state index is 2.60. The van der Waals surface area contributed by atoms with Crippen molar-refractivity contribution in [2.24, 2.45) is 5.92 Å². The fourth-order valence-electron chi connectivity index (χ4n) is 11.0. The zero-order valence-electron chi connectivity index (χ0n) is 32.4. The van der Waals surface area contributed by atoms with Gasteiger partial charge in [0.2, 0.25) is 0 Å². The summed E-state index contributed by atoms with van der Waals surface area (Å²) in [7, 11) is 0. The van der Waals surface area contributed by atoms with Crippen LogP contribution in [0.15, 0.2) is 139 Å². The summed E-state index contributed by atoms with van der Waals surface area (Å²) in [6, 6.07) is 44.8. The second-order valence-corrected chi connectivity index (χ2v) is 17.3. The Bertz CT molecular complexity index is 2760. The molecule has 55 heavy (non-hydrogen) atoms. The summed E-state index contributed by atoms with van der Waals surface area (Å²) in [6.45, 7) is 9.69. The van der Waals surface area contributed by atoms with Crippen LogP contribution in [0, 0.1) is 5.92 Å². The fraction of sp³-hybridized carbons (Fsp3) is 0.245. The maximum absolute atomic E-state index is 2.60. The third-order valence-electron chi connectivity index (χ3n) is 13.9. The molecular weight excluding hydrogens is 665 g/mol. The number of anilines is 3. The minimum Gasteiger partial charge on any atom is -0.339 e. The first-order valence-corrected chi connectivity index (χ1v) is 20.5. The number of fused-ring (bicyclic) bond motifs is 5. The van der Waals surface area contributed by atoms with E-state index < -0.39 is 0 Å². The van der Waals surface area contributed by atoms with Crippen molar-refractivity contribution in [1.82, 2.24) is 0 Å². The van der Waals surface area contributed by atoms with Gasteiger partial charge in [-0.3, -0.25) is 0 Å². The van der Waals surface area contributed by atoms with E-state index in [0.29, 0.717) is 23.9 Å². The van der Waals surface area contributed by atoms with Gasteiger partial charge >= 0.3 is 0 Å². The third kappa shape index (κ3) is 4.93. The molecule has 7 aromatic rings. The lowest BCUT2D eigenvalue weighted by molar-refractivity contribution is 0.390. The summed E-state index contributed by atoms with van der Waals surface area (Å²) < 4.78 is 0. The van der Waals surface area contributed by atoms with Gasteiger partial charge in [-0.25, -0.2) is 0 Å². The molecule has 7 aromatic carbocycles. The van der Waals surface area contributed by atoms with Gasteiger partial charge in [0.1, 0.15) is 0 Å². The quantitative estimate of drug-likeness (QED) is 0.132. The van der Waals surface area contributed by atoms with E-state index in [1.807, 2.05) is 0 Å². The Kier molecular flexibility index (Phi) is 7.28. The van der Waals surface area contributed by atoms with E-state index in [9.17, 15) is 0 Å². The summed E-state index contributed by atoms with van der Waals surface area (Å²) in [4.78, 5) is 5.19. The molecule has 0 N–H and O–H groups in total. The van der Waals surface area contributed by atoms with Crippen LogP contribution >= 0.6 is 0 Å². The van der Waals surface area contributed by atoms with Crippen LogP contribution in [0.2, 0.25) is 0 Å². The highest BCUT2D eigenvalue weighted by molar-refractivity contribution is 6.26. The lowest BCUT2D eigenvalue weighted by atomic mass is 9.73. The van der Waals surface area contributed by atoms with Gasteiger partial charge in [-0.2, -0.15) is 0 Å². The molecule has 2 heterocycles. The van der Waals surface area contributed by atoms with Gasteiger partial charge in [-0.1, -0.05) is 135 Å². The Labute approximate surface area is 325 Å². The van der Waals surface area contributed by atoms with Crippen LogP contribution in [0.25, 0.3) is 44.5 Å². The van der Waals surface area contributed by atoms with Crippen LogP contribution < -0.4 is 9.80 Å². The van der Waals surface area contributed by atoms with E-state index in [4.69, 9.17) is 0 Å². The molecule has 0 aromatic heterocycles. The zero-order chi connectivity index (χ0) is 37.0. The molecule has 0 bridgehead atoms. The minimum atomic E-state index is 0.0233. The van der Waals surface area contributed by atoms with Gasteiger partial charge in [-0.05, 0) is 135 Å². The van der Waals surface area contributed by atoms with Crippen molar-refractivity contribution in [3.05, 3.63) is 173 Å². The second kappa shape index (κ2) is 12.2. The number of rotatable bonds is 4. The van der Waals surface area contributed by atoms with Gasteiger partial charge in [0.05, 0.1) is 0 Å². The van der Waals surface area contributed by atoms with Crippen molar-refractivity contribution < 1.29 is 0 Å². The molecule has 2 heteroatoms. The molecule has 0 saturated carbocycles. The molecule has 4 atom stereocenters. The predicted octanol–water partition coefficient (Wildman–Crippen LogP) is 13.5. The molecule has 4 unspecified atom stereocenters. The summed E-state index contributed by atoms with van der Waals surface area (Å²) in [5.41, 5.74) is 13.8. The summed E-state index contributed by atoms with van der Waals surface area (Å²) in [5.74, 6) is 0.831. The average Bonchev–Trinajstić information content (AvgIpc) is 3.44. The third-order valence-corrected chi connectivity index (χ3v) is 13.9. The van der Waals surface area contributed by atoms with E-state index >= 15 is 0 Å². The maximum Gasteiger partial charge on any atom is 0.0493 e. The fourth-order valence-corrected chi connectivity index (χ4v) is 11.0. The molecule has 0 radical (unpaired) electrons. The summed E-state index contributed by atoms with van der Waals surface area (Å²) >= 11 is 0. The molecule has 270 valence electrons. The van der Waals surface area contributed by atoms with Crippen molar-refractivity contribution in [2.45, 2.75) is 76.8 Å².